The second kappa shape index (κ2) is 10.2. The van der Waals surface area contributed by atoms with Gasteiger partial charge in [0.25, 0.3) is 11.8 Å². The van der Waals surface area contributed by atoms with E-state index in [4.69, 9.17) is 27.9 Å². The zero-order chi connectivity index (χ0) is 19.8. The lowest BCUT2D eigenvalue weighted by Gasteiger charge is -2.12. The SMILES string of the molecule is CN(C)C(=O)COc1cccc(C(=O)NCCCc2ccc(Cl)c(Cl)c2)c1. The van der Waals surface area contributed by atoms with Crippen LogP contribution in [-0.2, 0) is 11.2 Å². The summed E-state index contributed by atoms with van der Waals surface area (Å²) in [6, 6.07) is 12.3. The Morgan fingerprint density at radius 3 is 2.56 bits per heavy atom. The van der Waals surface area contributed by atoms with Crippen LogP contribution in [0.15, 0.2) is 42.5 Å². The molecule has 5 nitrogen and oxygen atoms in total. The van der Waals surface area contributed by atoms with Crippen molar-refractivity contribution in [3.05, 3.63) is 63.6 Å². The Balaban J connectivity index is 1.80. The molecule has 0 fully saturated rings. The van der Waals surface area contributed by atoms with Crippen LogP contribution in [0, 0.1) is 0 Å². The number of hydrogen-bond acceptors (Lipinski definition) is 3. The average Bonchev–Trinajstić information content (AvgIpc) is 2.66. The molecular weight excluding hydrogens is 387 g/mol. The molecule has 0 aliphatic heterocycles. The lowest BCUT2D eigenvalue weighted by atomic mass is 10.1. The standard InChI is InChI=1S/C20H22Cl2N2O3/c1-24(2)19(25)13-27-16-7-3-6-15(12-16)20(26)23-10-4-5-14-8-9-17(21)18(22)11-14/h3,6-9,11-12H,4-5,10,13H2,1-2H3,(H,23,26). The number of nitrogens with one attached hydrogen (secondary N) is 1. The Bertz CT molecular complexity index is 810. The van der Waals surface area contributed by atoms with E-state index >= 15 is 0 Å². The van der Waals surface area contributed by atoms with Crippen molar-refractivity contribution in [1.29, 1.82) is 0 Å². The van der Waals surface area contributed by atoms with E-state index < -0.39 is 0 Å². The van der Waals surface area contributed by atoms with Gasteiger partial charge in [-0.05, 0) is 48.7 Å². The monoisotopic (exact) mass is 408 g/mol. The van der Waals surface area contributed by atoms with Crippen LogP contribution in [0.4, 0.5) is 0 Å². The molecule has 0 radical (unpaired) electrons. The van der Waals surface area contributed by atoms with Crippen LogP contribution in [0.3, 0.4) is 0 Å². The van der Waals surface area contributed by atoms with Crippen molar-refractivity contribution < 1.29 is 14.3 Å². The number of aryl methyl sites for hydroxylation is 1. The first kappa shape index (κ1) is 21.1. The summed E-state index contributed by atoms with van der Waals surface area (Å²) in [6.45, 7) is 0.463. The van der Waals surface area contributed by atoms with Gasteiger partial charge in [0.1, 0.15) is 5.75 Å². The number of likely N-dealkylation sites (N-methyl/N-ethyl adjacent to an activating group) is 1. The fourth-order valence-electron chi connectivity index (χ4n) is 2.29. The van der Waals surface area contributed by atoms with E-state index in [0.717, 1.165) is 18.4 Å². The summed E-state index contributed by atoms with van der Waals surface area (Å²) in [5.74, 6) is 0.148. The highest BCUT2D eigenvalue weighted by atomic mass is 35.5. The number of ether oxygens (including phenoxy) is 1. The number of carbonyl (C=O) groups excluding carboxylic acids is 2. The molecule has 2 aromatic rings. The number of amides is 2. The molecule has 0 spiro atoms. The molecule has 7 heteroatoms. The van der Waals surface area contributed by atoms with Gasteiger partial charge in [0, 0.05) is 26.2 Å². The van der Waals surface area contributed by atoms with Crippen molar-refractivity contribution >= 4 is 35.0 Å². The van der Waals surface area contributed by atoms with Crippen molar-refractivity contribution in [1.82, 2.24) is 10.2 Å². The van der Waals surface area contributed by atoms with Gasteiger partial charge in [0.2, 0.25) is 0 Å². The van der Waals surface area contributed by atoms with Gasteiger partial charge in [-0.3, -0.25) is 9.59 Å². The van der Waals surface area contributed by atoms with E-state index in [-0.39, 0.29) is 18.4 Å². The van der Waals surface area contributed by atoms with E-state index in [9.17, 15) is 9.59 Å². The number of halogens is 2. The number of hydrogen-bond donors (Lipinski definition) is 1. The summed E-state index contributed by atoms with van der Waals surface area (Å²) in [5.41, 5.74) is 1.55. The maximum absolute atomic E-state index is 12.3. The Labute approximate surface area is 169 Å². The molecule has 2 rings (SSSR count). The van der Waals surface area contributed by atoms with Gasteiger partial charge in [0.15, 0.2) is 6.61 Å². The Morgan fingerprint density at radius 1 is 1.07 bits per heavy atom. The second-order valence-electron chi connectivity index (χ2n) is 6.21. The first-order chi connectivity index (χ1) is 12.9. The molecule has 0 unspecified atom stereocenters. The summed E-state index contributed by atoms with van der Waals surface area (Å²) in [7, 11) is 3.32. The Hall–Kier alpha value is -2.24. The maximum Gasteiger partial charge on any atom is 0.259 e. The molecular formula is C20H22Cl2N2O3. The first-order valence-corrected chi connectivity index (χ1v) is 9.27. The predicted octanol–water partition coefficient (Wildman–Crippen LogP) is 3.82. The van der Waals surface area contributed by atoms with Crippen LogP contribution < -0.4 is 10.1 Å². The molecule has 0 saturated carbocycles. The molecule has 144 valence electrons. The van der Waals surface area contributed by atoms with Crippen molar-refractivity contribution in [3.8, 4) is 5.75 Å². The first-order valence-electron chi connectivity index (χ1n) is 8.52. The summed E-state index contributed by atoms with van der Waals surface area (Å²) in [5, 5.41) is 3.94. The van der Waals surface area contributed by atoms with E-state index in [1.54, 1.807) is 44.4 Å². The highest BCUT2D eigenvalue weighted by Gasteiger charge is 2.09. The molecule has 1 N–H and O–H groups in total. The number of rotatable bonds is 8. The van der Waals surface area contributed by atoms with Crippen LogP contribution >= 0.6 is 23.2 Å². The molecule has 2 aromatic carbocycles. The average molecular weight is 409 g/mol. The molecule has 0 aliphatic carbocycles. The van der Waals surface area contributed by atoms with Gasteiger partial charge < -0.3 is 15.0 Å². The molecule has 0 atom stereocenters. The molecule has 0 saturated heterocycles. The largest absolute Gasteiger partial charge is 0.484 e. The van der Waals surface area contributed by atoms with Crippen molar-refractivity contribution in [2.45, 2.75) is 12.8 Å². The zero-order valence-corrected chi connectivity index (χ0v) is 16.8. The van der Waals surface area contributed by atoms with E-state index in [1.165, 1.54) is 4.90 Å². The fourth-order valence-corrected chi connectivity index (χ4v) is 2.61. The Morgan fingerprint density at radius 2 is 1.85 bits per heavy atom. The lowest BCUT2D eigenvalue weighted by Crippen LogP contribution is -2.27. The van der Waals surface area contributed by atoms with Crippen molar-refractivity contribution in [2.75, 3.05) is 27.2 Å². The van der Waals surface area contributed by atoms with E-state index in [1.807, 2.05) is 12.1 Å². The molecule has 0 heterocycles. The highest BCUT2D eigenvalue weighted by Crippen LogP contribution is 2.23. The van der Waals surface area contributed by atoms with Crippen molar-refractivity contribution in [2.24, 2.45) is 0 Å². The topological polar surface area (TPSA) is 58.6 Å². The van der Waals surface area contributed by atoms with Gasteiger partial charge >= 0.3 is 0 Å². The summed E-state index contributed by atoms with van der Waals surface area (Å²) in [6.07, 6.45) is 1.56. The minimum atomic E-state index is -0.187. The lowest BCUT2D eigenvalue weighted by molar-refractivity contribution is -0.130. The van der Waals surface area contributed by atoms with Gasteiger partial charge in [0.05, 0.1) is 10.0 Å². The minimum absolute atomic E-state index is 0.0677. The van der Waals surface area contributed by atoms with Crippen LogP contribution in [0.2, 0.25) is 10.0 Å². The molecule has 27 heavy (non-hydrogen) atoms. The van der Waals surface area contributed by atoms with Gasteiger partial charge in [-0.15, -0.1) is 0 Å². The third-order valence-electron chi connectivity index (χ3n) is 3.87. The molecule has 2 amide bonds. The number of carbonyl (C=O) groups is 2. The van der Waals surface area contributed by atoms with Crippen LogP contribution in [0.25, 0.3) is 0 Å². The smallest absolute Gasteiger partial charge is 0.259 e. The summed E-state index contributed by atoms with van der Waals surface area (Å²) in [4.78, 5) is 25.3. The van der Waals surface area contributed by atoms with E-state index in [0.29, 0.717) is 27.9 Å². The van der Waals surface area contributed by atoms with Gasteiger partial charge in [-0.2, -0.15) is 0 Å². The van der Waals surface area contributed by atoms with Crippen LogP contribution in [0.5, 0.6) is 5.75 Å². The zero-order valence-electron chi connectivity index (χ0n) is 15.3. The van der Waals surface area contributed by atoms with Crippen molar-refractivity contribution in [3.63, 3.8) is 0 Å². The second-order valence-corrected chi connectivity index (χ2v) is 7.03. The van der Waals surface area contributed by atoms with E-state index in [2.05, 4.69) is 5.32 Å². The number of benzene rings is 2. The number of nitrogens with zero attached hydrogens (tertiary/aromatic N) is 1. The minimum Gasteiger partial charge on any atom is -0.484 e. The molecule has 0 aliphatic rings. The summed E-state index contributed by atoms with van der Waals surface area (Å²) < 4.78 is 5.43. The van der Waals surface area contributed by atoms with Crippen LogP contribution in [-0.4, -0.2) is 44.0 Å². The highest BCUT2D eigenvalue weighted by molar-refractivity contribution is 6.42. The fraction of sp³-hybridized carbons (Fsp3) is 0.300. The molecule has 0 aromatic heterocycles. The summed E-state index contributed by atoms with van der Waals surface area (Å²) >= 11 is 11.9. The Kier molecular flexibility index (Phi) is 7.95. The third-order valence-corrected chi connectivity index (χ3v) is 4.61. The predicted molar refractivity (Wildman–Crippen MR) is 108 cm³/mol. The molecule has 0 bridgehead atoms. The maximum atomic E-state index is 12.3. The van der Waals surface area contributed by atoms with Gasteiger partial charge in [-0.1, -0.05) is 35.3 Å². The normalized spacial score (nSPS) is 10.4. The quantitative estimate of drug-likeness (QED) is 0.675. The van der Waals surface area contributed by atoms with Crippen LogP contribution in [0.1, 0.15) is 22.3 Å². The van der Waals surface area contributed by atoms with Gasteiger partial charge in [-0.25, -0.2) is 0 Å². The third kappa shape index (κ3) is 6.77.